The third-order valence-corrected chi connectivity index (χ3v) is 2.43. The first kappa shape index (κ1) is 13.1. The van der Waals surface area contributed by atoms with Gasteiger partial charge in [0.1, 0.15) is 6.04 Å². The highest BCUT2D eigenvalue weighted by molar-refractivity contribution is 9.10. The van der Waals surface area contributed by atoms with Crippen molar-refractivity contribution in [3.8, 4) is 0 Å². The monoisotopic (exact) mass is 287 g/mol. The number of carbonyl (C=O) groups excluding carboxylic acids is 1. The topological polar surface area (TPSA) is 77.2 Å². The summed E-state index contributed by atoms with van der Waals surface area (Å²) in [6, 6.07) is 1.27. The van der Waals surface area contributed by atoms with E-state index in [4.69, 9.17) is 10.5 Å². The molecule has 5 nitrogen and oxygen atoms in total. The van der Waals surface area contributed by atoms with Crippen LogP contribution in [-0.4, -0.2) is 31.2 Å². The van der Waals surface area contributed by atoms with E-state index in [1.54, 1.807) is 19.5 Å². The fourth-order valence-corrected chi connectivity index (χ4v) is 1.66. The van der Waals surface area contributed by atoms with Crippen LogP contribution in [-0.2, 0) is 9.53 Å². The van der Waals surface area contributed by atoms with Crippen LogP contribution < -0.4 is 11.1 Å². The summed E-state index contributed by atoms with van der Waals surface area (Å²) in [6.07, 6.45) is 3.26. The van der Waals surface area contributed by atoms with E-state index in [2.05, 4.69) is 26.2 Å². The van der Waals surface area contributed by atoms with Crippen LogP contribution in [0.15, 0.2) is 22.9 Å². The second kappa shape index (κ2) is 6.57. The molecular formula is C10H14BrN3O2. The zero-order chi connectivity index (χ0) is 12.0. The zero-order valence-corrected chi connectivity index (χ0v) is 10.5. The summed E-state index contributed by atoms with van der Waals surface area (Å²) in [5, 5.41) is 3.00. The van der Waals surface area contributed by atoms with Gasteiger partial charge in [0.15, 0.2) is 0 Å². The highest BCUT2D eigenvalue weighted by Crippen LogP contribution is 2.16. The number of carbonyl (C=O) groups is 1. The summed E-state index contributed by atoms with van der Waals surface area (Å²) in [5.74, 6) is -0.434. The number of pyridine rings is 1. The lowest BCUT2D eigenvalue weighted by Gasteiger charge is -2.15. The molecule has 0 aliphatic heterocycles. The molecule has 16 heavy (non-hydrogen) atoms. The Morgan fingerprint density at radius 3 is 3.00 bits per heavy atom. The third kappa shape index (κ3) is 3.88. The van der Waals surface area contributed by atoms with Gasteiger partial charge in [-0.15, -0.1) is 0 Å². The van der Waals surface area contributed by atoms with Crippen molar-refractivity contribution >= 4 is 21.8 Å². The van der Waals surface area contributed by atoms with Gasteiger partial charge < -0.3 is 10.5 Å². The van der Waals surface area contributed by atoms with Crippen LogP contribution in [0.5, 0.6) is 0 Å². The summed E-state index contributed by atoms with van der Waals surface area (Å²) in [7, 11) is 1.60. The van der Waals surface area contributed by atoms with Crippen LogP contribution >= 0.6 is 15.9 Å². The minimum Gasteiger partial charge on any atom is -0.383 e. The molecule has 1 atom stereocenters. The normalized spacial score (nSPS) is 12.4. The minimum absolute atomic E-state index is 0.434. The molecule has 0 bridgehead atoms. The quantitative estimate of drug-likeness (QED) is 0.752. The summed E-state index contributed by atoms with van der Waals surface area (Å²) < 4.78 is 5.70. The maximum Gasteiger partial charge on any atom is 0.239 e. The van der Waals surface area contributed by atoms with Gasteiger partial charge in [0.25, 0.3) is 0 Å². The van der Waals surface area contributed by atoms with Gasteiger partial charge in [-0.1, -0.05) is 0 Å². The van der Waals surface area contributed by atoms with E-state index in [0.717, 1.165) is 10.0 Å². The molecule has 88 valence electrons. The maximum atomic E-state index is 11.3. The first-order valence-corrected chi connectivity index (χ1v) is 5.56. The molecule has 0 radical (unpaired) electrons. The molecule has 1 rings (SSSR count). The first-order chi connectivity index (χ1) is 7.65. The van der Waals surface area contributed by atoms with Crippen LogP contribution in [0, 0.1) is 0 Å². The number of amides is 1. The summed E-state index contributed by atoms with van der Waals surface area (Å²) >= 11 is 3.29. The Bertz CT molecular complexity index is 360. The number of nitrogens with one attached hydrogen (secondary N) is 1. The van der Waals surface area contributed by atoms with Gasteiger partial charge in [0, 0.05) is 30.5 Å². The molecule has 1 heterocycles. The van der Waals surface area contributed by atoms with Gasteiger partial charge in [0.05, 0.1) is 6.61 Å². The number of hydrogen-bond donors (Lipinski definition) is 2. The molecule has 0 saturated carbocycles. The van der Waals surface area contributed by atoms with Crippen LogP contribution in [0.25, 0.3) is 0 Å². The third-order valence-electron chi connectivity index (χ3n) is 2.00. The Morgan fingerprint density at radius 1 is 1.69 bits per heavy atom. The summed E-state index contributed by atoms with van der Waals surface area (Å²) in [4.78, 5) is 15.3. The Kier molecular flexibility index (Phi) is 5.37. The van der Waals surface area contributed by atoms with Gasteiger partial charge in [0.2, 0.25) is 5.91 Å². The number of nitrogens with two attached hydrogens (primary N) is 1. The molecular weight excluding hydrogens is 274 g/mol. The van der Waals surface area contributed by atoms with Gasteiger partial charge >= 0.3 is 0 Å². The average molecular weight is 288 g/mol. The second-order valence-corrected chi connectivity index (χ2v) is 4.13. The maximum absolute atomic E-state index is 11.3. The largest absolute Gasteiger partial charge is 0.383 e. The lowest BCUT2D eigenvalue weighted by Crippen LogP contribution is -2.35. The van der Waals surface area contributed by atoms with Crippen molar-refractivity contribution in [2.75, 3.05) is 20.3 Å². The molecule has 0 spiro atoms. The first-order valence-electron chi connectivity index (χ1n) is 4.77. The molecule has 0 aliphatic carbocycles. The molecule has 1 aromatic heterocycles. The number of rotatable bonds is 6. The van der Waals surface area contributed by atoms with Crippen molar-refractivity contribution in [3.63, 3.8) is 0 Å². The van der Waals surface area contributed by atoms with Crippen molar-refractivity contribution in [2.45, 2.75) is 6.04 Å². The SMILES string of the molecule is COCCNC(C(N)=O)c1cncc(Br)c1. The van der Waals surface area contributed by atoms with Crippen LogP contribution in [0.2, 0.25) is 0 Å². The smallest absolute Gasteiger partial charge is 0.239 e. The Hall–Kier alpha value is -0.980. The number of halogens is 1. The van der Waals surface area contributed by atoms with Gasteiger partial charge in [-0.05, 0) is 27.6 Å². The van der Waals surface area contributed by atoms with Crippen LogP contribution in [0.1, 0.15) is 11.6 Å². The molecule has 0 aromatic carbocycles. The number of methoxy groups -OCH3 is 1. The van der Waals surface area contributed by atoms with Gasteiger partial charge in [-0.2, -0.15) is 0 Å². The average Bonchev–Trinajstić information content (AvgIpc) is 2.24. The van der Waals surface area contributed by atoms with Gasteiger partial charge in [-0.25, -0.2) is 0 Å². The van der Waals surface area contributed by atoms with E-state index in [1.165, 1.54) is 0 Å². The Labute approximate surface area is 103 Å². The number of aromatic nitrogens is 1. The Balaban J connectivity index is 2.73. The van der Waals surface area contributed by atoms with Crippen molar-refractivity contribution in [1.82, 2.24) is 10.3 Å². The van der Waals surface area contributed by atoms with Crippen molar-refractivity contribution in [2.24, 2.45) is 5.73 Å². The van der Waals surface area contributed by atoms with E-state index in [-0.39, 0.29) is 0 Å². The fraction of sp³-hybridized carbons (Fsp3) is 0.400. The minimum atomic E-state index is -0.542. The molecule has 0 aliphatic rings. The second-order valence-electron chi connectivity index (χ2n) is 3.22. The highest BCUT2D eigenvalue weighted by Gasteiger charge is 2.17. The molecule has 0 fully saturated rings. The van der Waals surface area contributed by atoms with Crippen molar-refractivity contribution in [1.29, 1.82) is 0 Å². The van der Waals surface area contributed by atoms with E-state index in [9.17, 15) is 4.79 Å². The molecule has 1 aromatic rings. The van der Waals surface area contributed by atoms with Crippen molar-refractivity contribution in [3.05, 3.63) is 28.5 Å². The van der Waals surface area contributed by atoms with E-state index in [0.29, 0.717) is 13.2 Å². The molecule has 1 unspecified atom stereocenters. The molecule has 6 heteroatoms. The van der Waals surface area contributed by atoms with Crippen molar-refractivity contribution < 1.29 is 9.53 Å². The van der Waals surface area contributed by atoms with E-state index < -0.39 is 11.9 Å². The number of primary amides is 1. The predicted molar refractivity (Wildman–Crippen MR) is 63.8 cm³/mol. The number of hydrogen-bond acceptors (Lipinski definition) is 4. The Morgan fingerprint density at radius 2 is 2.44 bits per heavy atom. The van der Waals surface area contributed by atoms with E-state index >= 15 is 0 Å². The van der Waals surface area contributed by atoms with Crippen LogP contribution in [0.4, 0.5) is 0 Å². The zero-order valence-electron chi connectivity index (χ0n) is 8.94. The van der Waals surface area contributed by atoms with Crippen LogP contribution in [0.3, 0.4) is 0 Å². The fourth-order valence-electron chi connectivity index (χ4n) is 1.27. The lowest BCUT2D eigenvalue weighted by molar-refractivity contribution is -0.120. The standard InChI is InChI=1S/C10H14BrN3O2/c1-16-3-2-14-9(10(12)15)7-4-8(11)6-13-5-7/h4-6,9,14H,2-3H2,1H3,(H2,12,15). The lowest BCUT2D eigenvalue weighted by atomic mass is 10.1. The molecule has 0 saturated heterocycles. The molecule has 3 N–H and O–H groups in total. The number of nitrogens with zero attached hydrogens (tertiary/aromatic N) is 1. The highest BCUT2D eigenvalue weighted by atomic mass is 79.9. The summed E-state index contributed by atoms with van der Waals surface area (Å²) in [6.45, 7) is 1.07. The predicted octanol–water partition coefficient (Wildman–Crippen LogP) is 0.607. The summed E-state index contributed by atoms with van der Waals surface area (Å²) in [5.41, 5.74) is 6.05. The van der Waals surface area contributed by atoms with Gasteiger partial charge in [-0.3, -0.25) is 15.1 Å². The number of ether oxygens (including phenoxy) is 1. The van der Waals surface area contributed by atoms with E-state index in [1.807, 2.05) is 6.07 Å². The molecule has 1 amide bonds.